The standard InChI is InChI=1S/C58H80N4O12/c1-14-15-31-47-51(63)59(10)43(32-36(2)3)56(68)72-48(37(4)5)53(65)61(12)45(34-41-27-21-17-22-28-41)58(70)74-50(39(8)9)54(66)62(13)46(35-42-29-23-18-24-30-42)57(69)73-49(38(6)7)52(64)60(11)44(55(67)71-47)33-40-25-19-16-20-26-40/h16-30,36-39,43-50H,14-15,31-35H2,1-13H3. The van der Waals surface area contributed by atoms with E-state index >= 15 is 0 Å². The molecular weight excluding hydrogens is 945 g/mol. The fraction of sp³-hybridized carbons (Fsp3) is 0.552. The van der Waals surface area contributed by atoms with E-state index in [0.717, 1.165) is 14.7 Å². The maximum Gasteiger partial charge on any atom is 0.329 e. The Bertz CT molecular complexity index is 2340. The predicted molar refractivity (Wildman–Crippen MR) is 280 cm³/mol. The van der Waals surface area contributed by atoms with Gasteiger partial charge < -0.3 is 38.5 Å². The number of carbonyl (C=O) groups is 8. The van der Waals surface area contributed by atoms with Crippen molar-refractivity contribution in [2.24, 2.45) is 23.7 Å². The van der Waals surface area contributed by atoms with Crippen molar-refractivity contribution in [1.82, 2.24) is 19.6 Å². The molecule has 4 amide bonds. The molecule has 74 heavy (non-hydrogen) atoms. The molecule has 3 aromatic rings. The van der Waals surface area contributed by atoms with Gasteiger partial charge in [0.2, 0.25) is 0 Å². The molecule has 1 fully saturated rings. The van der Waals surface area contributed by atoms with Crippen LogP contribution in [0.4, 0.5) is 0 Å². The van der Waals surface area contributed by atoms with Gasteiger partial charge in [-0.15, -0.1) is 0 Å². The first-order valence-corrected chi connectivity index (χ1v) is 26.0. The minimum absolute atomic E-state index is 0.0397. The molecule has 3 aromatic carbocycles. The molecule has 0 aromatic heterocycles. The zero-order valence-electron chi connectivity index (χ0n) is 45.7. The first kappa shape index (κ1) is 60.0. The highest BCUT2D eigenvalue weighted by Crippen LogP contribution is 2.25. The van der Waals surface area contributed by atoms with E-state index in [-0.39, 0.29) is 38.0 Å². The van der Waals surface area contributed by atoms with Crippen LogP contribution in [-0.2, 0) is 76.6 Å². The largest absolute Gasteiger partial charge is 0.451 e. The Kier molecular flexibility index (Phi) is 22.8. The van der Waals surface area contributed by atoms with Crippen LogP contribution in [0.3, 0.4) is 0 Å². The van der Waals surface area contributed by atoms with Crippen LogP contribution in [0.15, 0.2) is 91.0 Å². The van der Waals surface area contributed by atoms with Gasteiger partial charge in [0.25, 0.3) is 23.6 Å². The van der Waals surface area contributed by atoms with E-state index < -0.39 is 114 Å². The molecule has 4 rings (SSSR count). The second-order valence-corrected chi connectivity index (χ2v) is 20.9. The molecule has 0 aliphatic carbocycles. The average molecular weight is 1030 g/mol. The molecule has 1 aliphatic heterocycles. The van der Waals surface area contributed by atoms with Crippen LogP contribution in [0.5, 0.6) is 0 Å². The van der Waals surface area contributed by atoms with Gasteiger partial charge in [0, 0.05) is 47.5 Å². The van der Waals surface area contributed by atoms with Gasteiger partial charge in [-0.25, -0.2) is 19.2 Å². The van der Waals surface area contributed by atoms with E-state index in [1.54, 1.807) is 133 Å². The lowest BCUT2D eigenvalue weighted by Crippen LogP contribution is -2.56. The SMILES string of the molecule is CCCCC1OC(=O)C(Cc2ccccc2)N(C)C(=O)C(C(C)C)OC(=O)C(Cc2ccccc2)N(C)C(=O)C(C(C)C)OC(=O)C(Cc2ccccc2)N(C)C(=O)C(C(C)C)OC(=O)C(CC(C)C)N(C)C1=O. The molecule has 16 heteroatoms. The van der Waals surface area contributed by atoms with Crippen LogP contribution in [-0.4, -0.2) is 144 Å². The number of unbranched alkanes of at least 4 members (excludes halogenated alkanes) is 1. The Morgan fingerprint density at radius 1 is 0.405 bits per heavy atom. The van der Waals surface area contributed by atoms with Crippen molar-refractivity contribution in [3.63, 3.8) is 0 Å². The molecule has 0 bridgehead atoms. The van der Waals surface area contributed by atoms with Crippen LogP contribution in [0.2, 0.25) is 0 Å². The van der Waals surface area contributed by atoms with Crippen LogP contribution in [0, 0.1) is 23.7 Å². The summed E-state index contributed by atoms with van der Waals surface area (Å²) in [5, 5.41) is 0. The lowest BCUT2D eigenvalue weighted by Gasteiger charge is -2.36. The predicted octanol–water partition coefficient (Wildman–Crippen LogP) is 6.89. The summed E-state index contributed by atoms with van der Waals surface area (Å²) in [6.45, 7) is 15.7. The summed E-state index contributed by atoms with van der Waals surface area (Å²) in [7, 11) is 5.62. The molecule has 1 heterocycles. The number of nitrogens with zero attached hydrogens (tertiary/aromatic N) is 4. The maximum atomic E-state index is 14.9. The first-order chi connectivity index (χ1) is 35.0. The normalized spacial score (nSPS) is 24.1. The van der Waals surface area contributed by atoms with E-state index in [2.05, 4.69) is 0 Å². The van der Waals surface area contributed by atoms with E-state index in [9.17, 15) is 38.4 Å². The highest BCUT2D eigenvalue weighted by molar-refractivity contribution is 5.95. The second kappa shape index (κ2) is 28.2. The van der Waals surface area contributed by atoms with Gasteiger partial charge in [-0.3, -0.25) is 19.2 Å². The van der Waals surface area contributed by atoms with Gasteiger partial charge in [0.1, 0.15) is 24.2 Å². The molecule has 0 N–H and O–H groups in total. The number of rotatable bonds is 14. The molecule has 1 aliphatic rings. The highest BCUT2D eigenvalue weighted by Gasteiger charge is 2.45. The van der Waals surface area contributed by atoms with Crippen LogP contribution >= 0.6 is 0 Å². The molecule has 404 valence electrons. The number of benzene rings is 3. The van der Waals surface area contributed by atoms with Gasteiger partial charge in [-0.1, -0.05) is 160 Å². The molecular formula is C58H80N4O12. The Balaban J connectivity index is 1.95. The van der Waals surface area contributed by atoms with Gasteiger partial charge in [0.15, 0.2) is 24.4 Å². The molecule has 1 saturated heterocycles. The highest BCUT2D eigenvalue weighted by atomic mass is 16.6. The topological polar surface area (TPSA) is 186 Å². The Labute approximate surface area is 438 Å². The zero-order chi connectivity index (χ0) is 55.0. The lowest BCUT2D eigenvalue weighted by molar-refractivity contribution is -0.179. The van der Waals surface area contributed by atoms with E-state index in [4.69, 9.17) is 18.9 Å². The lowest BCUT2D eigenvalue weighted by atomic mass is 9.99. The van der Waals surface area contributed by atoms with Crippen molar-refractivity contribution in [3.05, 3.63) is 108 Å². The number of ether oxygens (including phenoxy) is 4. The Hall–Kier alpha value is -6.58. The summed E-state index contributed by atoms with van der Waals surface area (Å²) < 4.78 is 24.5. The van der Waals surface area contributed by atoms with Gasteiger partial charge in [-0.2, -0.15) is 0 Å². The van der Waals surface area contributed by atoms with Gasteiger partial charge in [0.05, 0.1) is 0 Å². The number of hydrogen-bond donors (Lipinski definition) is 0. The monoisotopic (exact) mass is 1020 g/mol. The Morgan fingerprint density at radius 3 is 0.973 bits per heavy atom. The second-order valence-electron chi connectivity index (χ2n) is 20.9. The fourth-order valence-corrected chi connectivity index (χ4v) is 8.82. The number of hydrogen-bond acceptors (Lipinski definition) is 12. The minimum Gasteiger partial charge on any atom is -0.451 e. The smallest absolute Gasteiger partial charge is 0.329 e. The summed E-state index contributed by atoms with van der Waals surface area (Å²) in [5.41, 5.74) is 1.99. The van der Waals surface area contributed by atoms with Gasteiger partial charge in [-0.05, 0) is 59.6 Å². The summed E-state index contributed by atoms with van der Waals surface area (Å²) in [6, 6.07) is 21.5. The van der Waals surface area contributed by atoms with Crippen molar-refractivity contribution in [2.75, 3.05) is 28.2 Å². The Morgan fingerprint density at radius 2 is 0.689 bits per heavy atom. The summed E-state index contributed by atoms with van der Waals surface area (Å²) in [5.74, 6) is -8.63. The van der Waals surface area contributed by atoms with Crippen LogP contribution in [0.25, 0.3) is 0 Å². The summed E-state index contributed by atoms with van der Waals surface area (Å²) in [4.78, 5) is 123. The van der Waals surface area contributed by atoms with Crippen molar-refractivity contribution in [1.29, 1.82) is 0 Å². The maximum absolute atomic E-state index is 14.9. The van der Waals surface area contributed by atoms with E-state index in [1.165, 1.54) is 33.1 Å². The molecule has 16 nitrogen and oxygen atoms in total. The molecule has 8 atom stereocenters. The third-order valence-electron chi connectivity index (χ3n) is 13.5. The number of amides is 4. The van der Waals surface area contributed by atoms with Crippen LogP contribution < -0.4 is 0 Å². The molecule has 8 unspecified atom stereocenters. The average Bonchev–Trinajstić information content (AvgIpc) is 3.37. The zero-order valence-corrected chi connectivity index (χ0v) is 45.7. The number of cyclic esters (lactones) is 4. The molecule has 0 saturated carbocycles. The minimum atomic E-state index is -1.48. The number of likely N-dealkylation sites (N-methyl/N-ethyl adjacent to an activating group) is 4. The van der Waals surface area contributed by atoms with Crippen LogP contribution in [0.1, 0.15) is 105 Å². The third-order valence-corrected chi connectivity index (χ3v) is 13.5. The van der Waals surface area contributed by atoms with E-state index in [0.29, 0.717) is 29.5 Å². The van der Waals surface area contributed by atoms with Crippen molar-refractivity contribution in [3.8, 4) is 0 Å². The van der Waals surface area contributed by atoms with Crippen molar-refractivity contribution >= 4 is 47.5 Å². The summed E-state index contributed by atoms with van der Waals surface area (Å²) >= 11 is 0. The summed E-state index contributed by atoms with van der Waals surface area (Å²) in [6.07, 6.45) is -4.66. The van der Waals surface area contributed by atoms with Crippen molar-refractivity contribution < 1.29 is 57.3 Å². The van der Waals surface area contributed by atoms with Gasteiger partial charge >= 0.3 is 23.9 Å². The quantitative estimate of drug-likeness (QED) is 0.121. The first-order valence-electron chi connectivity index (χ1n) is 26.0. The molecule has 0 radical (unpaired) electrons. The fourth-order valence-electron chi connectivity index (χ4n) is 8.82. The number of esters is 4. The van der Waals surface area contributed by atoms with Crippen molar-refractivity contribution in [2.45, 2.75) is 156 Å². The van der Waals surface area contributed by atoms with E-state index in [1.807, 2.05) is 20.8 Å². The third kappa shape index (κ3) is 16.2. The number of carbonyl (C=O) groups excluding carboxylic acids is 8. The molecule has 0 spiro atoms.